The smallest absolute Gasteiger partial charge is 0.416 e. The zero-order valence-corrected chi connectivity index (χ0v) is 16.9. The molecule has 160 valence electrons. The van der Waals surface area contributed by atoms with E-state index in [1.807, 2.05) is 13.0 Å². The lowest BCUT2D eigenvalue weighted by atomic mass is 9.78. The van der Waals surface area contributed by atoms with Gasteiger partial charge in [0.1, 0.15) is 5.75 Å². The van der Waals surface area contributed by atoms with Crippen molar-refractivity contribution < 1.29 is 32.6 Å². The van der Waals surface area contributed by atoms with Crippen LogP contribution in [0, 0.1) is 11.8 Å². The lowest BCUT2D eigenvalue weighted by molar-refractivity contribution is -0.137. The Kier molecular flexibility index (Phi) is 7.43. The lowest BCUT2D eigenvalue weighted by Crippen LogP contribution is -2.20. The number of hydrogen-bond acceptors (Lipinski definition) is 3. The number of carboxylic acid groups (broad SMARTS) is 1. The van der Waals surface area contributed by atoms with E-state index in [1.165, 1.54) is 25.3 Å². The average Bonchev–Trinajstić information content (AvgIpc) is 2.63. The van der Waals surface area contributed by atoms with Crippen molar-refractivity contribution in [3.8, 4) is 5.75 Å². The first-order chi connectivity index (χ1) is 14.0. The monoisotopic (exact) mass is 420 g/mol. The van der Waals surface area contributed by atoms with Gasteiger partial charge in [-0.2, -0.15) is 13.2 Å². The molecule has 0 amide bonds. The normalized spacial score (nSPS) is 20.7. The van der Waals surface area contributed by atoms with Crippen molar-refractivity contribution in [2.75, 3.05) is 7.11 Å². The van der Waals surface area contributed by atoms with Gasteiger partial charge < -0.3 is 9.84 Å². The number of rotatable bonds is 6. The average molecular weight is 420 g/mol. The molecule has 2 rings (SSSR count). The number of carbonyl (C=O) groups excluding carboxylic acids is 1. The summed E-state index contributed by atoms with van der Waals surface area (Å²) in [5.41, 5.74) is 0.617. The van der Waals surface area contributed by atoms with Crippen LogP contribution in [0.4, 0.5) is 13.2 Å². The van der Waals surface area contributed by atoms with Crippen molar-refractivity contribution in [2.45, 2.75) is 26.4 Å². The summed E-state index contributed by atoms with van der Waals surface area (Å²) in [5.74, 6) is -1.08. The van der Waals surface area contributed by atoms with Crippen molar-refractivity contribution in [3.63, 3.8) is 0 Å². The minimum atomic E-state index is -4.48. The van der Waals surface area contributed by atoms with Crippen LogP contribution in [0.25, 0.3) is 6.08 Å². The highest BCUT2D eigenvalue weighted by molar-refractivity contribution is 5.92. The van der Waals surface area contributed by atoms with Gasteiger partial charge in [-0.05, 0) is 48.3 Å². The summed E-state index contributed by atoms with van der Waals surface area (Å²) in [5, 5.41) is 8.83. The number of methoxy groups -OCH3 is 1. The number of allylic oxidation sites excluding steroid dienone is 6. The van der Waals surface area contributed by atoms with Crippen molar-refractivity contribution in [1.82, 2.24) is 0 Å². The molecule has 1 aliphatic carbocycles. The number of aliphatic carboxylic acids is 1. The molecule has 0 saturated carbocycles. The van der Waals surface area contributed by atoms with Crippen molar-refractivity contribution >= 4 is 17.8 Å². The van der Waals surface area contributed by atoms with Gasteiger partial charge >= 0.3 is 12.1 Å². The molecule has 1 aromatic rings. The first-order valence-corrected chi connectivity index (χ1v) is 9.28. The molecule has 0 bridgehead atoms. The third-order valence-electron chi connectivity index (χ3n) is 4.78. The number of hydrogen-bond donors (Lipinski definition) is 1. The fourth-order valence-corrected chi connectivity index (χ4v) is 3.30. The highest BCUT2D eigenvalue weighted by atomic mass is 19.4. The van der Waals surface area contributed by atoms with Crippen LogP contribution in [0.15, 0.2) is 59.7 Å². The molecule has 0 heterocycles. The van der Waals surface area contributed by atoms with Gasteiger partial charge in [-0.25, -0.2) is 4.79 Å². The van der Waals surface area contributed by atoms with E-state index in [0.717, 1.165) is 18.2 Å². The molecule has 0 spiro atoms. The Morgan fingerprint density at radius 2 is 1.97 bits per heavy atom. The highest BCUT2D eigenvalue weighted by Gasteiger charge is 2.31. The van der Waals surface area contributed by atoms with E-state index in [0.29, 0.717) is 17.6 Å². The van der Waals surface area contributed by atoms with Crippen molar-refractivity contribution in [2.24, 2.45) is 11.8 Å². The molecule has 1 aliphatic rings. The molecule has 2 atom stereocenters. The topological polar surface area (TPSA) is 63.6 Å². The third kappa shape index (κ3) is 6.20. The first-order valence-electron chi connectivity index (χ1n) is 9.28. The van der Waals surface area contributed by atoms with Gasteiger partial charge in [0.05, 0.1) is 12.7 Å². The Labute approximate surface area is 173 Å². The fourth-order valence-electron chi connectivity index (χ4n) is 3.30. The number of alkyl halides is 3. The number of carbonyl (C=O) groups is 2. The minimum absolute atomic E-state index is 0.0422. The van der Waals surface area contributed by atoms with E-state index in [9.17, 15) is 22.8 Å². The summed E-state index contributed by atoms with van der Waals surface area (Å²) in [6, 6.07) is 3.20. The standard InChI is InChI=1S/C23H23F3O4/c1-14(10-22(28)29)4-8-20-15(2)11-19(27)13-16(20)5-6-17-12-18(23(24,25)26)7-9-21(17)30-3/h4-10,12-13,15,20H,11H2,1-3H3,(H,28,29)/b6-5+,8-4+,14-10-. The van der Waals surface area contributed by atoms with Crippen LogP contribution in [0.5, 0.6) is 5.75 Å². The molecule has 0 radical (unpaired) electrons. The van der Waals surface area contributed by atoms with E-state index in [-0.39, 0.29) is 28.9 Å². The van der Waals surface area contributed by atoms with Crippen molar-refractivity contribution in [3.05, 3.63) is 70.9 Å². The highest BCUT2D eigenvalue weighted by Crippen LogP contribution is 2.35. The summed E-state index contributed by atoms with van der Waals surface area (Å²) in [6.07, 6.45) is 4.97. The maximum absolute atomic E-state index is 13.1. The van der Waals surface area contributed by atoms with Gasteiger partial charge in [0.25, 0.3) is 0 Å². The van der Waals surface area contributed by atoms with Crippen LogP contribution >= 0.6 is 0 Å². The van der Waals surface area contributed by atoms with Gasteiger partial charge in [-0.3, -0.25) is 4.79 Å². The van der Waals surface area contributed by atoms with E-state index in [1.54, 1.807) is 19.1 Å². The number of ketones is 1. The second kappa shape index (κ2) is 9.61. The lowest BCUT2D eigenvalue weighted by Gasteiger charge is -2.25. The predicted octanol–water partition coefficient (Wildman–Crippen LogP) is 5.47. The van der Waals surface area contributed by atoms with Gasteiger partial charge in [0.15, 0.2) is 5.78 Å². The summed E-state index contributed by atoms with van der Waals surface area (Å²) in [7, 11) is 1.37. The second-order valence-electron chi connectivity index (χ2n) is 7.19. The minimum Gasteiger partial charge on any atom is -0.496 e. The second-order valence-corrected chi connectivity index (χ2v) is 7.19. The predicted molar refractivity (Wildman–Crippen MR) is 108 cm³/mol. The van der Waals surface area contributed by atoms with E-state index < -0.39 is 17.7 Å². The Bertz CT molecular complexity index is 936. The zero-order valence-electron chi connectivity index (χ0n) is 16.9. The van der Waals surface area contributed by atoms with E-state index in [2.05, 4.69) is 0 Å². The summed E-state index contributed by atoms with van der Waals surface area (Å²) in [6.45, 7) is 3.55. The first kappa shape index (κ1) is 23.2. The number of carboxylic acids is 1. The van der Waals surface area contributed by atoms with Crippen LogP contribution in [0.2, 0.25) is 0 Å². The largest absolute Gasteiger partial charge is 0.496 e. The molecule has 0 aliphatic heterocycles. The van der Waals surface area contributed by atoms with Gasteiger partial charge in [-0.1, -0.05) is 31.2 Å². The van der Waals surface area contributed by atoms with Crippen LogP contribution in [0.1, 0.15) is 31.4 Å². The third-order valence-corrected chi connectivity index (χ3v) is 4.78. The van der Waals surface area contributed by atoms with Gasteiger partial charge in [0.2, 0.25) is 0 Å². The molecular weight excluding hydrogens is 397 g/mol. The molecule has 2 unspecified atom stereocenters. The Morgan fingerprint density at radius 1 is 1.27 bits per heavy atom. The zero-order chi connectivity index (χ0) is 22.5. The molecule has 1 aromatic carbocycles. The van der Waals surface area contributed by atoms with Gasteiger partial charge in [-0.15, -0.1) is 0 Å². The Balaban J connectivity index is 2.40. The van der Waals surface area contributed by atoms with Crippen LogP contribution in [-0.2, 0) is 15.8 Å². The Morgan fingerprint density at radius 3 is 2.57 bits per heavy atom. The van der Waals surface area contributed by atoms with Crippen LogP contribution < -0.4 is 4.74 Å². The van der Waals surface area contributed by atoms with E-state index in [4.69, 9.17) is 9.84 Å². The Hall–Kier alpha value is -3.09. The van der Waals surface area contributed by atoms with Crippen LogP contribution in [-0.4, -0.2) is 24.0 Å². The SMILES string of the molecule is COc1ccc(C(F)(F)F)cc1/C=C/C1=CC(=O)CC(C)C1/C=C/C(C)=C\C(=O)O. The molecular formula is C23H23F3O4. The quantitative estimate of drug-likeness (QED) is 0.490. The number of benzene rings is 1. The molecule has 30 heavy (non-hydrogen) atoms. The number of halogens is 3. The number of ether oxygens (including phenoxy) is 1. The summed E-state index contributed by atoms with van der Waals surface area (Å²) < 4.78 is 44.3. The summed E-state index contributed by atoms with van der Waals surface area (Å²) in [4.78, 5) is 22.8. The van der Waals surface area contributed by atoms with E-state index >= 15 is 0 Å². The molecule has 1 N–H and O–H groups in total. The molecule has 0 fully saturated rings. The molecule has 0 saturated heterocycles. The van der Waals surface area contributed by atoms with Crippen molar-refractivity contribution in [1.29, 1.82) is 0 Å². The molecule has 4 nitrogen and oxygen atoms in total. The molecule has 0 aromatic heterocycles. The van der Waals surface area contributed by atoms with Gasteiger partial charge in [0, 0.05) is 24.0 Å². The maximum atomic E-state index is 13.1. The maximum Gasteiger partial charge on any atom is 0.416 e. The molecule has 7 heteroatoms. The fraction of sp³-hybridized carbons (Fsp3) is 0.304. The van der Waals surface area contributed by atoms with Crippen LogP contribution in [0.3, 0.4) is 0 Å². The summed E-state index contributed by atoms with van der Waals surface area (Å²) >= 11 is 0.